The summed E-state index contributed by atoms with van der Waals surface area (Å²) in [7, 11) is 0. The molecule has 2 aromatic rings. The topological polar surface area (TPSA) is 52.5 Å². The SMILES string of the molecule is N#CCc1[nH]nc2cc(Cl)c(Br)cc12. The van der Waals surface area contributed by atoms with Crippen LogP contribution in [0, 0.1) is 11.3 Å². The molecule has 5 heteroatoms. The fourth-order valence-corrected chi connectivity index (χ4v) is 1.77. The van der Waals surface area contributed by atoms with Crippen molar-refractivity contribution in [3.63, 3.8) is 0 Å². The summed E-state index contributed by atoms with van der Waals surface area (Å²) in [6.07, 6.45) is 0.324. The Morgan fingerprint density at radius 2 is 2.36 bits per heavy atom. The summed E-state index contributed by atoms with van der Waals surface area (Å²) >= 11 is 9.24. The van der Waals surface area contributed by atoms with Gasteiger partial charge < -0.3 is 0 Å². The van der Waals surface area contributed by atoms with Crippen LogP contribution in [0.5, 0.6) is 0 Å². The second-order valence-electron chi connectivity index (χ2n) is 2.82. The van der Waals surface area contributed by atoms with Crippen LogP contribution >= 0.6 is 27.5 Å². The van der Waals surface area contributed by atoms with Gasteiger partial charge in [0.2, 0.25) is 0 Å². The molecule has 0 saturated carbocycles. The van der Waals surface area contributed by atoms with Crippen molar-refractivity contribution in [1.82, 2.24) is 10.2 Å². The minimum Gasteiger partial charge on any atom is -0.280 e. The highest BCUT2D eigenvalue weighted by atomic mass is 79.9. The number of rotatable bonds is 1. The fourth-order valence-electron chi connectivity index (χ4n) is 1.27. The van der Waals surface area contributed by atoms with Gasteiger partial charge in [-0.15, -0.1) is 0 Å². The van der Waals surface area contributed by atoms with Gasteiger partial charge in [0.05, 0.1) is 28.7 Å². The number of hydrogen-bond acceptors (Lipinski definition) is 2. The van der Waals surface area contributed by atoms with Gasteiger partial charge in [-0.2, -0.15) is 10.4 Å². The highest BCUT2D eigenvalue weighted by molar-refractivity contribution is 9.10. The molecule has 0 spiro atoms. The molecule has 0 aliphatic rings. The molecule has 0 fully saturated rings. The molecule has 70 valence electrons. The molecule has 0 unspecified atom stereocenters. The highest BCUT2D eigenvalue weighted by Gasteiger charge is 2.07. The Bertz CT molecular complexity index is 527. The van der Waals surface area contributed by atoms with Gasteiger partial charge in [0.25, 0.3) is 0 Å². The summed E-state index contributed by atoms with van der Waals surface area (Å²) in [4.78, 5) is 0. The fraction of sp³-hybridized carbons (Fsp3) is 0.111. The summed E-state index contributed by atoms with van der Waals surface area (Å²) in [5.41, 5.74) is 1.60. The lowest BCUT2D eigenvalue weighted by Crippen LogP contribution is -1.81. The Kier molecular flexibility index (Phi) is 2.44. The third-order valence-corrected chi connectivity index (χ3v) is 3.13. The first kappa shape index (κ1) is 9.50. The summed E-state index contributed by atoms with van der Waals surface area (Å²) < 4.78 is 0.812. The number of aromatic amines is 1. The zero-order valence-corrected chi connectivity index (χ0v) is 9.35. The number of H-pyrrole nitrogens is 1. The largest absolute Gasteiger partial charge is 0.280 e. The van der Waals surface area contributed by atoms with Crippen molar-refractivity contribution in [2.75, 3.05) is 0 Å². The standard InChI is InChI=1S/C9H5BrClN3/c10-6-3-5-8(1-2-12)13-14-9(5)4-7(6)11/h3-4H,1H2,(H,13,14). The molecule has 2 rings (SSSR count). The van der Waals surface area contributed by atoms with Crippen LogP contribution in [0.2, 0.25) is 5.02 Å². The maximum absolute atomic E-state index is 8.59. The highest BCUT2D eigenvalue weighted by Crippen LogP contribution is 2.28. The van der Waals surface area contributed by atoms with Crippen molar-refractivity contribution in [1.29, 1.82) is 5.26 Å². The van der Waals surface area contributed by atoms with E-state index in [0.29, 0.717) is 11.4 Å². The Morgan fingerprint density at radius 3 is 3.07 bits per heavy atom. The van der Waals surface area contributed by atoms with Crippen LogP contribution in [0.3, 0.4) is 0 Å². The number of hydrogen-bond donors (Lipinski definition) is 1. The van der Waals surface area contributed by atoms with E-state index in [0.717, 1.165) is 21.1 Å². The van der Waals surface area contributed by atoms with Gasteiger partial charge in [0.1, 0.15) is 0 Å². The summed E-state index contributed by atoms with van der Waals surface area (Å²) in [5.74, 6) is 0. The summed E-state index contributed by atoms with van der Waals surface area (Å²) in [6.45, 7) is 0. The van der Waals surface area contributed by atoms with E-state index in [-0.39, 0.29) is 0 Å². The molecular weight excluding hydrogens is 265 g/mol. The molecule has 14 heavy (non-hydrogen) atoms. The van der Waals surface area contributed by atoms with Crippen molar-refractivity contribution in [3.8, 4) is 6.07 Å². The number of halogens is 2. The molecule has 0 aliphatic carbocycles. The average molecular weight is 271 g/mol. The van der Waals surface area contributed by atoms with E-state index in [1.807, 2.05) is 6.07 Å². The van der Waals surface area contributed by atoms with Crippen molar-refractivity contribution >= 4 is 38.4 Å². The van der Waals surface area contributed by atoms with E-state index in [1.54, 1.807) is 6.07 Å². The lowest BCUT2D eigenvalue weighted by atomic mass is 10.2. The molecule has 0 bridgehead atoms. The van der Waals surface area contributed by atoms with Crippen LogP contribution < -0.4 is 0 Å². The van der Waals surface area contributed by atoms with E-state index in [9.17, 15) is 0 Å². The molecule has 0 aliphatic heterocycles. The maximum atomic E-state index is 8.59. The number of nitrogens with one attached hydrogen (secondary N) is 1. The van der Waals surface area contributed by atoms with Gasteiger partial charge in [-0.25, -0.2) is 0 Å². The van der Waals surface area contributed by atoms with Crippen molar-refractivity contribution < 1.29 is 0 Å². The Morgan fingerprint density at radius 1 is 1.57 bits per heavy atom. The Hall–Kier alpha value is -1.05. The van der Waals surface area contributed by atoms with E-state index < -0.39 is 0 Å². The normalized spacial score (nSPS) is 10.4. The van der Waals surface area contributed by atoms with Gasteiger partial charge in [-0.1, -0.05) is 11.6 Å². The van der Waals surface area contributed by atoms with Crippen molar-refractivity contribution in [2.24, 2.45) is 0 Å². The first-order valence-corrected chi connectivity index (χ1v) is 5.08. The third kappa shape index (κ3) is 1.49. The molecule has 1 heterocycles. The second-order valence-corrected chi connectivity index (χ2v) is 4.08. The summed E-state index contributed by atoms with van der Waals surface area (Å²) in [5, 5.41) is 17.0. The quantitative estimate of drug-likeness (QED) is 0.866. The number of benzene rings is 1. The lowest BCUT2D eigenvalue weighted by Gasteiger charge is -1.95. The van der Waals surface area contributed by atoms with Crippen LogP contribution in [0.4, 0.5) is 0 Å². The van der Waals surface area contributed by atoms with E-state index >= 15 is 0 Å². The minimum atomic E-state index is 0.324. The predicted octanol–water partition coefficient (Wildman–Crippen LogP) is 3.04. The second kappa shape index (κ2) is 3.60. The molecule has 0 radical (unpaired) electrons. The Labute approximate surface area is 93.8 Å². The van der Waals surface area contributed by atoms with Crippen LogP contribution in [0.1, 0.15) is 5.69 Å². The third-order valence-electron chi connectivity index (χ3n) is 1.93. The number of fused-ring (bicyclic) bond motifs is 1. The molecule has 0 amide bonds. The van der Waals surface area contributed by atoms with Crippen molar-refractivity contribution in [3.05, 3.63) is 27.3 Å². The predicted molar refractivity (Wildman–Crippen MR) is 58.1 cm³/mol. The zero-order valence-electron chi connectivity index (χ0n) is 7.01. The van der Waals surface area contributed by atoms with Crippen LogP contribution in [-0.2, 0) is 6.42 Å². The molecular formula is C9H5BrClN3. The molecule has 3 nitrogen and oxygen atoms in total. The molecule has 0 saturated heterocycles. The molecule has 1 aromatic carbocycles. The van der Waals surface area contributed by atoms with Gasteiger partial charge in [-0.05, 0) is 28.1 Å². The molecule has 0 atom stereocenters. The van der Waals surface area contributed by atoms with Crippen LogP contribution in [-0.4, -0.2) is 10.2 Å². The lowest BCUT2D eigenvalue weighted by molar-refractivity contribution is 1.03. The smallest absolute Gasteiger partial charge is 0.0939 e. The first-order chi connectivity index (χ1) is 6.72. The molecule has 1 aromatic heterocycles. The van der Waals surface area contributed by atoms with Gasteiger partial charge in [0, 0.05) is 9.86 Å². The number of nitriles is 1. The number of aromatic nitrogens is 2. The monoisotopic (exact) mass is 269 g/mol. The van der Waals surface area contributed by atoms with Gasteiger partial charge in [-0.3, -0.25) is 5.10 Å². The van der Waals surface area contributed by atoms with Crippen LogP contribution in [0.25, 0.3) is 10.9 Å². The van der Waals surface area contributed by atoms with Gasteiger partial charge >= 0.3 is 0 Å². The average Bonchev–Trinajstić information content (AvgIpc) is 2.51. The first-order valence-electron chi connectivity index (χ1n) is 3.91. The van der Waals surface area contributed by atoms with Crippen LogP contribution in [0.15, 0.2) is 16.6 Å². The van der Waals surface area contributed by atoms with E-state index in [2.05, 4.69) is 32.2 Å². The number of nitrogens with zero attached hydrogens (tertiary/aromatic N) is 2. The van der Waals surface area contributed by atoms with Crippen molar-refractivity contribution in [2.45, 2.75) is 6.42 Å². The van der Waals surface area contributed by atoms with Gasteiger partial charge in [0.15, 0.2) is 0 Å². The summed E-state index contributed by atoms with van der Waals surface area (Å²) in [6, 6.07) is 5.71. The zero-order chi connectivity index (χ0) is 10.1. The molecule has 1 N–H and O–H groups in total. The van der Waals surface area contributed by atoms with E-state index in [1.165, 1.54) is 0 Å². The Balaban J connectivity index is 2.69. The van der Waals surface area contributed by atoms with E-state index in [4.69, 9.17) is 16.9 Å². The maximum Gasteiger partial charge on any atom is 0.0939 e. The minimum absolute atomic E-state index is 0.324.